The average Bonchev–Trinajstić information content (AvgIpc) is 2.67. The number of amides is 1. The lowest BCUT2D eigenvalue weighted by Crippen LogP contribution is -2.49. The molecule has 0 saturated carbocycles. The number of likely N-dealkylation sites (N-methyl/N-ethyl adjacent to an activating group) is 1. The van der Waals surface area contributed by atoms with Gasteiger partial charge in [-0.1, -0.05) is 35.3 Å². The Balaban J connectivity index is 2.23. The summed E-state index contributed by atoms with van der Waals surface area (Å²) >= 11 is 12.3. The number of benzene rings is 2. The van der Waals surface area contributed by atoms with E-state index in [1.807, 2.05) is 6.92 Å². The molecule has 0 aliphatic heterocycles. The minimum Gasteiger partial charge on any atom is -0.479 e. The Morgan fingerprint density at radius 3 is 2.43 bits per heavy atom. The topological polar surface area (TPSA) is 76.1 Å². The van der Waals surface area contributed by atoms with Gasteiger partial charge < -0.3 is 19.5 Å². The Morgan fingerprint density at radius 1 is 1.17 bits per heavy atom. The summed E-state index contributed by atoms with van der Waals surface area (Å²) in [6, 6.07) is 11.9. The Kier molecular flexibility index (Phi) is 8.12. The van der Waals surface area contributed by atoms with Gasteiger partial charge >= 0.3 is 5.97 Å². The Bertz CT molecular complexity index is 916. The van der Waals surface area contributed by atoms with Crippen molar-refractivity contribution in [3.05, 3.63) is 58.1 Å². The number of ether oxygens (including phenoxy) is 2. The first kappa shape index (κ1) is 24.0. The molecule has 0 bridgehead atoms. The number of carboxylic acid groups (broad SMARTS) is 1. The van der Waals surface area contributed by atoms with E-state index in [9.17, 15) is 14.7 Å². The zero-order valence-electron chi connectivity index (χ0n) is 17.3. The molecule has 0 heterocycles. The standard InChI is InChI=1S/C22H25Cl2NO5/c1-5-25(18-10-9-15(23)13-17(18)24)21(28)22(2,3)30-16-8-6-7-14(11-16)12-19(29-4)20(26)27/h6-11,13,19H,5,12H2,1-4H3,(H,26,27)/t19-/m0/s1. The van der Waals surface area contributed by atoms with E-state index >= 15 is 0 Å². The predicted molar refractivity (Wildman–Crippen MR) is 118 cm³/mol. The highest BCUT2D eigenvalue weighted by Gasteiger charge is 2.35. The number of anilines is 1. The summed E-state index contributed by atoms with van der Waals surface area (Å²) in [5, 5.41) is 10.0. The van der Waals surface area contributed by atoms with E-state index < -0.39 is 17.7 Å². The molecular weight excluding hydrogens is 429 g/mol. The number of rotatable bonds is 9. The first-order valence-corrected chi connectivity index (χ1v) is 10.1. The van der Waals surface area contributed by atoms with E-state index in [1.54, 1.807) is 56.3 Å². The van der Waals surface area contributed by atoms with Gasteiger partial charge in [-0.15, -0.1) is 0 Å². The molecule has 2 aromatic carbocycles. The molecule has 30 heavy (non-hydrogen) atoms. The summed E-state index contributed by atoms with van der Waals surface area (Å²) in [7, 11) is 1.35. The van der Waals surface area contributed by atoms with Gasteiger partial charge in [0.2, 0.25) is 0 Å². The average molecular weight is 454 g/mol. The fourth-order valence-electron chi connectivity index (χ4n) is 3.01. The monoisotopic (exact) mass is 453 g/mol. The molecule has 0 aliphatic rings. The minimum atomic E-state index is -1.20. The first-order chi connectivity index (χ1) is 14.1. The number of carbonyl (C=O) groups excluding carboxylic acids is 1. The Hall–Kier alpha value is -2.28. The third-order valence-electron chi connectivity index (χ3n) is 4.53. The summed E-state index contributed by atoms with van der Waals surface area (Å²) in [5.41, 5.74) is 0.0619. The van der Waals surface area contributed by atoms with E-state index in [0.717, 1.165) is 5.56 Å². The maximum absolute atomic E-state index is 13.2. The minimum absolute atomic E-state index is 0.179. The lowest BCUT2D eigenvalue weighted by molar-refractivity contribution is -0.148. The molecule has 2 aromatic rings. The van der Waals surface area contributed by atoms with E-state index in [-0.39, 0.29) is 12.3 Å². The van der Waals surface area contributed by atoms with Crippen molar-refractivity contribution < 1.29 is 24.2 Å². The zero-order chi connectivity index (χ0) is 22.5. The highest BCUT2D eigenvalue weighted by molar-refractivity contribution is 6.36. The number of hydrogen-bond donors (Lipinski definition) is 1. The fourth-order valence-corrected chi connectivity index (χ4v) is 3.52. The van der Waals surface area contributed by atoms with Gasteiger partial charge in [-0.05, 0) is 56.7 Å². The van der Waals surface area contributed by atoms with Crippen LogP contribution in [0.2, 0.25) is 10.0 Å². The van der Waals surface area contributed by atoms with Gasteiger partial charge in [0.15, 0.2) is 11.7 Å². The number of hydrogen-bond acceptors (Lipinski definition) is 4. The van der Waals surface area contributed by atoms with E-state index in [0.29, 0.717) is 28.0 Å². The van der Waals surface area contributed by atoms with Crippen molar-refractivity contribution in [3.8, 4) is 5.75 Å². The van der Waals surface area contributed by atoms with Gasteiger partial charge in [0.1, 0.15) is 5.75 Å². The van der Waals surface area contributed by atoms with Crippen LogP contribution >= 0.6 is 23.2 Å². The third kappa shape index (κ3) is 5.88. The molecule has 0 fully saturated rings. The summed E-state index contributed by atoms with van der Waals surface area (Å²) in [4.78, 5) is 26.0. The van der Waals surface area contributed by atoms with Crippen LogP contribution in [-0.4, -0.2) is 42.3 Å². The van der Waals surface area contributed by atoms with Crippen LogP contribution in [0.5, 0.6) is 5.75 Å². The van der Waals surface area contributed by atoms with Crippen molar-refractivity contribution in [1.82, 2.24) is 0 Å². The lowest BCUT2D eigenvalue weighted by Gasteiger charge is -2.32. The van der Waals surface area contributed by atoms with Crippen molar-refractivity contribution in [1.29, 1.82) is 0 Å². The van der Waals surface area contributed by atoms with Crippen LogP contribution in [-0.2, 0) is 20.7 Å². The quantitative estimate of drug-likeness (QED) is 0.587. The molecule has 162 valence electrons. The van der Waals surface area contributed by atoms with Crippen LogP contribution < -0.4 is 9.64 Å². The summed E-state index contributed by atoms with van der Waals surface area (Å²) in [5.74, 6) is -0.873. The molecule has 1 amide bonds. The van der Waals surface area contributed by atoms with Gasteiger partial charge in [-0.3, -0.25) is 4.79 Å². The maximum Gasteiger partial charge on any atom is 0.333 e. The molecule has 6 nitrogen and oxygen atoms in total. The van der Waals surface area contributed by atoms with Crippen molar-refractivity contribution in [2.45, 2.75) is 38.9 Å². The van der Waals surface area contributed by atoms with Gasteiger partial charge in [0.05, 0.1) is 10.7 Å². The normalized spacial score (nSPS) is 12.3. The van der Waals surface area contributed by atoms with Crippen LogP contribution in [0, 0.1) is 0 Å². The van der Waals surface area contributed by atoms with Crippen molar-refractivity contribution in [2.24, 2.45) is 0 Å². The molecule has 1 N–H and O–H groups in total. The summed E-state index contributed by atoms with van der Waals surface area (Å²) < 4.78 is 11.0. The Labute approximate surface area is 186 Å². The smallest absolute Gasteiger partial charge is 0.333 e. The second-order valence-corrected chi connectivity index (χ2v) is 8.02. The van der Waals surface area contributed by atoms with Crippen molar-refractivity contribution in [3.63, 3.8) is 0 Å². The number of halogens is 2. The molecule has 0 unspecified atom stereocenters. The van der Waals surface area contributed by atoms with E-state index in [2.05, 4.69) is 0 Å². The predicted octanol–water partition coefficient (Wildman–Crippen LogP) is 4.85. The summed E-state index contributed by atoms with van der Waals surface area (Å²) in [6.07, 6.45) is -0.781. The third-order valence-corrected chi connectivity index (χ3v) is 5.07. The Morgan fingerprint density at radius 2 is 1.87 bits per heavy atom. The van der Waals surface area contributed by atoms with Gasteiger partial charge in [-0.2, -0.15) is 0 Å². The number of aliphatic carboxylic acids is 1. The highest BCUT2D eigenvalue weighted by atomic mass is 35.5. The molecule has 0 aliphatic carbocycles. The SMILES string of the molecule is CCN(C(=O)C(C)(C)Oc1cccc(C[C@H](OC)C(=O)O)c1)c1ccc(Cl)cc1Cl. The molecule has 8 heteroatoms. The maximum atomic E-state index is 13.2. The van der Waals surface area contributed by atoms with Crippen LogP contribution in [0.3, 0.4) is 0 Å². The van der Waals surface area contributed by atoms with Gasteiger partial charge in [-0.25, -0.2) is 4.79 Å². The van der Waals surface area contributed by atoms with Crippen molar-refractivity contribution in [2.75, 3.05) is 18.6 Å². The van der Waals surface area contributed by atoms with E-state index in [1.165, 1.54) is 12.0 Å². The molecule has 2 rings (SSSR count). The number of methoxy groups -OCH3 is 1. The molecule has 0 aromatic heterocycles. The second-order valence-electron chi connectivity index (χ2n) is 7.17. The number of nitrogens with zero attached hydrogens (tertiary/aromatic N) is 1. The van der Waals surface area contributed by atoms with Crippen LogP contribution in [0.4, 0.5) is 5.69 Å². The molecule has 0 saturated heterocycles. The molecule has 0 spiro atoms. The van der Waals surface area contributed by atoms with E-state index in [4.69, 9.17) is 32.7 Å². The summed E-state index contributed by atoms with van der Waals surface area (Å²) in [6.45, 7) is 5.57. The highest BCUT2D eigenvalue weighted by Crippen LogP contribution is 2.31. The van der Waals surface area contributed by atoms with Crippen LogP contribution in [0.15, 0.2) is 42.5 Å². The fraction of sp³-hybridized carbons (Fsp3) is 0.364. The second kappa shape index (κ2) is 10.2. The van der Waals surface area contributed by atoms with Gasteiger partial charge in [0.25, 0.3) is 5.91 Å². The van der Waals surface area contributed by atoms with Crippen LogP contribution in [0.25, 0.3) is 0 Å². The zero-order valence-corrected chi connectivity index (χ0v) is 18.8. The van der Waals surface area contributed by atoms with Crippen LogP contribution in [0.1, 0.15) is 26.3 Å². The lowest BCUT2D eigenvalue weighted by atomic mass is 10.1. The number of carboxylic acids is 1. The largest absolute Gasteiger partial charge is 0.479 e. The molecule has 1 atom stereocenters. The van der Waals surface area contributed by atoms with Crippen molar-refractivity contribution >= 4 is 40.8 Å². The molecule has 0 radical (unpaired) electrons. The van der Waals surface area contributed by atoms with Gasteiger partial charge in [0, 0.05) is 25.1 Å². The molecular formula is C22H25Cl2NO5. The first-order valence-electron chi connectivity index (χ1n) is 9.39. The number of carbonyl (C=O) groups is 2.